The van der Waals surface area contributed by atoms with E-state index in [1.54, 1.807) is 0 Å². The highest BCUT2D eigenvalue weighted by Gasteiger charge is 2.20. The van der Waals surface area contributed by atoms with Gasteiger partial charge >= 0.3 is 0 Å². The fourth-order valence-electron chi connectivity index (χ4n) is 1.02. The van der Waals surface area contributed by atoms with Crippen molar-refractivity contribution in [2.24, 2.45) is 0 Å². The largest absolute Gasteiger partial charge is 0.493 e. The number of ether oxygens (including phenoxy) is 2. The molecule has 0 saturated carbocycles. The van der Waals surface area contributed by atoms with Crippen LogP contribution in [0.3, 0.4) is 0 Å². The first-order valence-electron chi connectivity index (χ1n) is 3.66. The Bertz CT molecular complexity index is 367. The zero-order valence-corrected chi connectivity index (χ0v) is 8.37. The van der Waals surface area contributed by atoms with Crippen LogP contribution in [0, 0.1) is 10.1 Å². The van der Waals surface area contributed by atoms with Crippen molar-refractivity contribution in [1.82, 2.24) is 0 Å². The zero-order valence-electron chi connectivity index (χ0n) is 7.61. The van der Waals surface area contributed by atoms with Crippen LogP contribution in [0.4, 0.5) is 5.69 Å². The van der Waals surface area contributed by atoms with Gasteiger partial charge in [0.1, 0.15) is 0 Å². The third-order valence-corrected chi connectivity index (χ3v) is 2.03. The maximum absolute atomic E-state index is 10.5. The standard InChI is InChI=1S/C8H8ClNO4/c1-13-6-4-3-5(10(11)12)7(9)8(6)14-2/h3-4H,1-2H3. The van der Waals surface area contributed by atoms with Gasteiger partial charge in [-0.1, -0.05) is 11.6 Å². The van der Waals surface area contributed by atoms with Crippen molar-refractivity contribution in [2.75, 3.05) is 14.2 Å². The molecule has 0 aliphatic heterocycles. The maximum Gasteiger partial charge on any atom is 0.291 e. The summed E-state index contributed by atoms with van der Waals surface area (Å²) in [6.07, 6.45) is 0. The second-order valence-corrected chi connectivity index (χ2v) is 2.77. The van der Waals surface area contributed by atoms with E-state index < -0.39 is 4.92 Å². The van der Waals surface area contributed by atoms with E-state index in [1.807, 2.05) is 0 Å². The number of rotatable bonds is 3. The Labute approximate surface area is 85.3 Å². The summed E-state index contributed by atoms with van der Waals surface area (Å²) in [5.41, 5.74) is -0.204. The molecule has 0 radical (unpaired) electrons. The Balaban J connectivity index is 3.34. The lowest BCUT2D eigenvalue weighted by atomic mass is 10.3. The summed E-state index contributed by atoms with van der Waals surface area (Å²) in [4.78, 5) is 9.94. The number of nitrogens with zero attached hydrogens (tertiary/aromatic N) is 1. The molecule has 1 aromatic carbocycles. The molecule has 0 bridgehead atoms. The van der Waals surface area contributed by atoms with Crippen molar-refractivity contribution >= 4 is 17.3 Å². The van der Waals surface area contributed by atoms with E-state index in [2.05, 4.69) is 0 Å². The number of hydrogen-bond donors (Lipinski definition) is 0. The Kier molecular flexibility index (Phi) is 3.14. The average Bonchev–Trinajstić information content (AvgIpc) is 2.16. The lowest BCUT2D eigenvalue weighted by Gasteiger charge is -2.08. The highest BCUT2D eigenvalue weighted by molar-refractivity contribution is 6.34. The molecule has 0 aliphatic carbocycles. The number of halogens is 1. The normalized spacial score (nSPS) is 9.64. The highest BCUT2D eigenvalue weighted by Crippen LogP contribution is 2.40. The molecular weight excluding hydrogens is 210 g/mol. The smallest absolute Gasteiger partial charge is 0.291 e. The number of benzene rings is 1. The van der Waals surface area contributed by atoms with Crippen molar-refractivity contribution in [3.05, 3.63) is 27.3 Å². The first-order valence-corrected chi connectivity index (χ1v) is 4.04. The van der Waals surface area contributed by atoms with Crippen LogP contribution in [0.1, 0.15) is 0 Å². The zero-order chi connectivity index (χ0) is 10.7. The van der Waals surface area contributed by atoms with Gasteiger partial charge < -0.3 is 9.47 Å². The molecule has 0 unspecified atom stereocenters. The van der Waals surface area contributed by atoms with Crippen LogP contribution in [-0.2, 0) is 0 Å². The van der Waals surface area contributed by atoms with Crippen LogP contribution in [0.2, 0.25) is 5.02 Å². The van der Waals surface area contributed by atoms with Gasteiger partial charge in [-0.05, 0) is 6.07 Å². The van der Waals surface area contributed by atoms with Gasteiger partial charge in [-0.25, -0.2) is 0 Å². The molecule has 14 heavy (non-hydrogen) atoms. The predicted molar refractivity (Wildman–Crippen MR) is 51.2 cm³/mol. The number of hydrogen-bond acceptors (Lipinski definition) is 4. The van der Waals surface area contributed by atoms with Crippen molar-refractivity contribution in [2.45, 2.75) is 0 Å². The Morgan fingerprint density at radius 3 is 2.43 bits per heavy atom. The van der Waals surface area contributed by atoms with Gasteiger partial charge in [-0.15, -0.1) is 0 Å². The van der Waals surface area contributed by atoms with Crippen molar-refractivity contribution < 1.29 is 14.4 Å². The van der Waals surface area contributed by atoms with Gasteiger partial charge in [0.2, 0.25) is 0 Å². The second kappa shape index (κ2) is 4.15. The van der Waals surface area contributed by atoms with Gasteiger partial charge in [-0.2, -0.15) is 0 Å². The molecule has 6 heteroatoms. The van der Waals surface area contributed by atoms with Crippen molar-refractivity contribution in [3.63, 3.8) is 0 Å². The highest BCUT2D eigenvalue weighted by atomic mass is 35.5. The Hall–Kier alpha value is -1.49. The van der Waals surface area contributed by atoms with Gasteiger partial charge in [0.05, 0.1) is 19.1 Å². The lowest BCUT2D eigenvalue weighted by Crippen LogP contribution is -1.95. The maximum atomic E-state index is 10.5. The molecule has 0 aliphatic rings. The van der Waals surface area contributed by atoms with Crippen LogP contribution in [0.25, 0.3) is 0 Å². The minimum atomic E-state index is -0.579. The van der Waals surface area contributed by atoms with E-state index in [0.717, 1.165) is 0 Å². The third kappa shape index (κ3) is 1.72. The van der Waals surface area contributed by atoms with Gasteiger partial charge in [0, 0.05) is 6.07 Å². The molecule has 5 nitrogen and oxygen atoms in total. The molecule has 76 valence electrons. The molecule has 0 saturated heterocycles. The predicted octanol–water partition coefficient (Wildman–Crippen LogP) is 2.27. The summed E-state index contributed by atoms with van der Waals surface area (Å²) in [5, 5.41) is 10.5. The van der Waals surface area contributed by atoms with E-state index in [0.29, 0.717) is 5.75 Å². The van der Waals surface area contributed by atoms with Crippen molar-refractivity contribution in [3.8, 4) is 11.5 Å². The summed E-state index contributed by atoms with van der Waals surface area (Å²) in [6, 6.07) is 2.70. The molecule has 0 atom stereocenters. The van der Waals surface area contributed by atoms with Crippen LogP contribution < -0.4 is 9.47 Å². The summed E-state index contributed by atoms with van der Waals surface area (Å²) < 4.78 is 9.82. The summed E-state index contributed by atoms with van der Waals surface area (Å²) in [7, 11) is 2.80. The van der Waals surface area contributed by atoms with E-state index in [9.17, 15) is 10.1 Å². The van der Waals surface area contributed by atoms with Crippen LogP contribution in [0.15, 0.2) is 12.1 Å². The fraction of sp³-hybridized carbons (Fsp3) is 0.250. The van der Waals surface area contributed by atoms with Gasteiger partial charge in [0.25, 0.3) is 5.69 Å². The van der Waals surface area contributed by atoms with Crippen molar-refractivity contribution in [1.29, 1.82) is 0 Å². The lowest BCUT2D eigenvalue weighted by molar-refractivity contribution is -0.384. The molecule has 1 rings (SSSR count). The number of nitro groups is 1. The van der Waals surface area contributed by atoms with E-state index in [1.165, 1.54) is 26.4 Å². The van der Waals surface area contributed by atoms with E-state index >= 15 is 0 Å². The molecule has 0 heterocycles. The van der Waals surface area contributed by atoms with Gasteiger partial charge in [0.15, 0.2) is 16.5 Å². The minimum Gasteiger partial charge on any atom is -0.493 e. The van der Waals surface area contributed by atoms with Crippen LogP contribution >= 0.6 is 11.6 Å². The fourth-order valence-corrected chi connectivity index (χ4v) is 1.32. The molecule has 0 amide bonds. The van der Waals surface area contributed by atoms with E-state index in [-0.39, 0.29) is 16.5 Å². The monoisotopic (exact) mass is 217 g/mol. The molecule has 0 fully saturated rings. The van der Waals surface area contributed by atoms with Gasteiger partial charge in [-0.3, -0.25) is 10.1 Å². The average molecular weight is 218 g/mol. The number of nitro benzene ring substituents is 1. The Morgan fingerprint density at radius 1 is 1.36 bits per heavy atom. The molecule has 0 aromatic heterocycles. The second-order valence-electron chi connectivity index (χ2n) is 2.39. The minimum absolute atomic E-state index is 0.0585. The molecule has 0 spiro atoms. The SMILES string of the molecule is COc1ccc([N+](=O)[O-])c(Cl)c1OC. The first-order chi connectivity index (χ1) is 6.61. The quantitative estimate of drug-likeness (QED) is 0.576. The third-order valence-electron chi connectivity index (χ3n) is 1.66. The van der Waals surface area contributed by atoms with Crippen LogP contribution in [-0.4, -0.2) is 19.1 Å². The topological polar surface area (TPSA) is 61.6 Å². The van der Waals surface area contributed by atoms with Crippen LogP contribution in [0.5, 0.6) is 11.5 Å². The van der Waals surface area contributed by atoms with E-state index in [4.69, 9.17) is 21.1 Å². The summed E-state index contributed by atoms with van der Waals surface area (Å²) >= 11 is 5.74. The first kappa shape index (κ1) is 10.6. The molecular formula is C8H8ClNO4. The molecule has 0 N–H and O–H groups in total. The molecule has 1 aromatic rings. The Morgan fingerprint density at radius 2 is 2.00 bits per heavy atom. The summed E-state index contributed by atoms with van der Waals surface area (Å²) in [6.45, 7) is 0. The number of methoxy groups -OCH3 is 2. The summed E-state index contributed by atoms with van der Waals surface area (Å²) in [5.74, 6) is 0.534.